The van der Waals surface area contributed by atoms with Crippen LogP contribution in [0.15, 0.2) is 0 Å². The maximum absolute atomic E-state index is 11.2. The Morgan fingerprint density at radius 1 is 1.33 bits per heavy atom. The van der Waals surface area contributed by atoms with Gasteiger partial charge in [0.2, 0.25) is 0 Å². The molecule has 0 bridgehead atoms. The Morgan fingerprint density at radius 3 is 2.47 bits per heavy atom. The molecule has 15 heavy (non-hydrogen) atoms. The van der Waals surface area contributed by atoms with E-state index in [0.29, 0.717) is 6.04 Å². The Kier molecular flexibility index (Phi) is 5.83. The van der Waals surface area contributed by atoms with Crippen LogP contribution in [-0.4, -0.2) is 28.3 Å². The van der Waals surface area contributed by atoms with Crippen molar-refractivity contribution in [2.24, 2.45) is 5.92 Å². The Balaban J connectivity index is 2.12. The second kappa shape index (κ2) is 6.64. The first-order valence-corrected chi connectivity index (χ1v) is 7.77. The van der Waals surface area contributed by atoms with E-state index in [2.05, 4.69) is 12.2 Å². The van der Waals surface area contributed by atoms with Gasteiger partial charge in [-0.3, -0.25) is 4.21 Å². The van der Waals surface area contributed by atoms with Crippen LogP contribution in [0.3, 0.4) is 0 Å². The molecule has 90 valence electrons. The Hall–Kier alpha value is 0.110. The van der Waals surface area contributed by atoms with Gasteiger partial charge < -0.3 is 5.32 Å². The Labute approximate surface area is 96.7 Å². The van der Waals surface area contributed by atoms with Gasteiger partial charge >= 0.3 is 0 Å². The molecule has 1 N–H and O–H groups in total. The lowest BCUT2D eigenvalue weighted by Crippen LogP contribution is -2.35. The van der Waals surface area contributed by atoms with Crippen LogP contribution >= 0.6 is 0 Å². The quantitative estimate of drug-likeness (QED) is 0.760. The summed E-state index contributed by atoms with van der Waals surface area (Å²) in [5, 5.41) is 3.77. The van der Waals surface area contributed by atoms with E-state index in [-0.39, 0.29) is 5.25 Å². The van der Waals surface area contributed by atoms with E-state index in [1.54, 1.807) is 6.26 Å². The summed E-state index contributed by atoms with van der Waals surface area (Å²) in [6, 6.07) is 0.582. The van der Waals surface area contributed by atoms with Crippen LogP contribution in [0.5, 0.6) is 0 Å². The first kappa shape index (κ1) is 13.2. The molecule has 1 saturated carbocycles. The van der Waals surface area contributed by atoms with Gasteiger partial charge in [0.1, 0.15) is 0 Å². The lowest BCUT2D eigenvalue weighted by Gasteiger charge is -2.19. The molecule has 3 heteroatoms. The molecule has 2 nitrogen and oxygen atoms in total. The van der Waals surface area contributed by atoms with Gasteiger partial charge in [-0.2, -0.15) is 0 Å². The summed E-state index contributed by atoms with van der Waals surface area (Å²) in [4.78, 5) is 0. The fourth-order valence-corrected chi connectivity index (χ4v) is 2.64. The molecule has 0 amide bonds. The van der Waals surface area contributed by atoms with Crippen LogP contribution in [0, 0.1) is 5.92 Å². The van der Waals surface area contributed by atoms with E-state index in [1.165, 1.54) is 32.1 Å². The second-order valence-electron chi connectivity index (χ2n) is 5.00. The predicted octanol–water partition coefficient (Wildman–Crippen LogP) is 2.31. The largest absolute Gasteiger partial charge is 0.313 e. The fraction of sp³-hybridized carbons (Fsp3) is 1.00. The van der Waals surface area contributed by atoms with Gasteiger partial charge in [0, 0.05) is 34.9 Å². The van der Waals surface area contributed by atoms with Crippen LogP contribution < -0.4 is 5.32 Å². The molecular weight excluding hydrogens is 206 g/mol. The van der Waals surface area contributed by atoms with Crippen molar-refractivity contribution in [3.63, 3.8) is 0 Å². The number of hydrogen-bond donors (Lipinski definition) is 1. The summed E-state index contributed by atoms with van der Waals surface area (Å²) in [6.45, 7) is 5.19. The van der Waals surface area contributed by atoms with Gasteiger partial charge in [0.05, 0.1) is 0 Å². The molecule has 1 fully saturated rings. The van der Waals surface area contributed by atoms with Gasteiger partial charge in [-0.25, -0.2) is 0 Å². The highest BCUT2D eigenvalue weighted by Gasteiger charge is 2.18. The van der Waals surface area contributed by atoms with Crippen LogP contribution in [0.1, 0.15) is 46.0 Å². The minimum atomic E-state index is -0.693. The zero-order valence-corrected chi connectivity index (χ0v) is 11.1. The molecule has 0 saturated heterocycles. The average molecular weight is 231 g/mol. The van der Waals surface area contributed by atoms with E-state index in [0.717, 1.165) is 12.5 Å². The standard InChI is InChI=1S/C12H25NOS/c1-10(8-12-6-4-5-7-12)13-9-11(2)15(3)14/h10-13H,4-9H2,1-3H3. The molecule has 3 atom stereocenters. The molecule has 1 aliphatic carbocycles. The van der Waals surface area contributed by atoms with E-state index < -0.39 is 10.8 Å². The Bertz CT molecular complexity index is 202. The number of nitrogens with one attached hydrogen (secondary N) is 1. The van der Waals surface area contributed by atoms with Crippen molar-refractivity contribution in [3.8, 4) is 0 Å². The minimum absolute atomic E-state index is 0.274. The third-order valence-electron chi connectivity index (χ3n) is 3.48. The molecule has 1 aliphatic rings. The van der Waals surface area contributed by atoms with Crippen molar-refractivity contribution in [2.45, 2.75) is 57.2 Å². The van der Waals surface area contributed by atoms with Gasteiger partial charge in [-0.05, 0) is 26.2 Å². The topological polar surface area (TPSA) is 29.1 Å². The van der Waals surface area contributed by atoms with Crippen molar-refractivity contribution in [2.75, 3.05) is 12.8 Å². The van der Waals surface area contributed by atoms with Crippen molar-refractivity contribution in [3.05, 3.63) is 0 Å². The Morgan fingerprint density at radius 2 is 1.93 bits per heavy atom. The van der Waals surface area contributed by atoms with Crippen molar-refractivity contribution in [1.29, 1.82) is 0 Å². The van der Waals surface area contributed by atoms with E-state index in [9.17, 15) is 4.21 Å². The molecule has 0 radical (unpaired) electrons. The normalized spacial score (nSPS) is 23.9. The number of rotatable bonds is 6. The highest BCUT2D eigenvalue weighted by Crippen LogP contribution is 2.28. The maximum Gasteiger partial charge on any atom is 0.0441 e. The zero-order chi connectivity index (χ0) is 11.3. The molecule has 0 aromatic rings. The summed E-state index contributed by atoms with van der Waals surface area (Å²) in [5.41, 5.74) is 0. The third kappa shape index (κ3) is 5.12. The molecule has 0 aromatic carbocycles. The smallest absolute Gasteiger partial charge is 0.0441 e. The summed E-state index contributed by atoms with van der Waals surface area (Å²) in [6.07, 6.45) is 8.76. The van der Waals surface area contributed by atoms with Gasteiger partial charge in [-0.1, -0.05) is 25.7 Å². The van der Waals surface area contributed by atoms with Crippen LogP contribution in [-0.2, 0) is 10.8 Å². The molecule has 3 unspecified atom stereocenters. The van der Waals surface area contributed by atoms with Gasteiger partial charge in [0.15, 0.2) is 0 Å². The van der Waals surface area contributed by atoms with E-state index in [1.807, 2.05) is 6.92 Å². The fourth-order valence-electron chi connectivity index (χ4n) is 2.31. The molecule has 1 rings (SSSR count). The summed E-state index contributed by atoms with van der Waals surface area (Å²) in [7, 11) is -0.693. The van der Waals surface area contributed by atoms with Crippen LogP contribution in [0.25, 0.3) is 0 Å². The first-order valence-electron chi connectivity index (χ1n) is 6.15. The number of hydrogen-bond acceptors (Lipinski definition) is 2. The molecular formula is C12H25NOS. The van der Waals surface area contributed by atoms with Crippen LogP contribution in [0.2, 0.25) is 0 Å². The summed E-state index contributed by atoms with van der Waals surface area (Å²) in [5.74, 6) is 0.940. The molecule has 0 aliphatic heterocycles. The first-order chi connectivity index (χ1) is 7.09. The zero-order valence-electron chi connectivity index (χ0n) is 10.3. The van der Waals surface area contributed by atoms with Gasteiger partial charge in [-0.15, -0.1) is 0 Å². The van der Waals surface area contributed by atoms with Crippen molar-refractivity contribution in [1.82, 2.24) is 5.32 Å². The van der Waals surface area contributed by atoms with Crippen molar-refractivity contribution >= 4 is 10.8 Å². The highest BCUT2D eigenvalue weighted by molar-refractivity contribution is 7.84. The third-order valence-corrected chi connectivity index (χ3v) is 4.78. The summed E-state index contributed by atoms with van der Waals surface area (Å²) < 4.78 is 11.2. The lowest BCUT2D eigenvalue weighted by atomic mass is 9.99. The second-order valence-corrected chi connectivity index (χ2v) is 6.81. The van der Waals surface area contributed by atoms with Gasteiger partial charge in [0.25, 0.3) is 0 Å². The molecule has 0 aromatic heterocycles. The average Bonchev–Trinajstić information content (AvgIpc) is 2.66. The highest BCUT2D eigenvalue weighted by atomic mass is 32.2. The predicted molar refractivity (Wildman–Crippen MR) is 67.6 cm³/mol. The van der Waals surface area contributed by atoms with E-state index >= 15 is 0 Å². The summed E-state index contributed by atoms with van der Waals surface area (Å²) >= 11 is 0. The minimum Gasteiger partial charge on any atom is -0.313 e. The molecule has 0 heterocycles. The SMILES string of the molecule is CC(CC1CCCC1)NCC(C)S(C)=O. The van der Waals surface area contributed by atoms with E-state index in [4.69, 9.17) is 0 Å². The maximum atomic E-state index is 11.2. The van der Waals surface area contributed by atoms with Crippen molar-refractivity contribution < 1.29 is 4.21 Å². The van der Waals surface area contributed by atoms with Crippen LogP contribution in [0.4, 0.5) is 0 Å². The monoisotopic (exact) mass is 231 g/mol. The lowest BCUT2D eigenvalue weighted by molar-refractivity contribution is 0.406. The molecule has 0 spiro atoms.